The first kappa shape index (κ1) is 12.9. The Kier molecular flexibility index (Phi) is 3.33. The molecule has 1 atom stereocenters. The van der Waals surface area contributed by atoms with Crippen molar-refractivity contribution >= 4 is 5.78 Å². The van der Waals surface area contributed by atoms with E-state index in [1.807, 2.05) is 0 Å². The van der Waals surface area contributed by atoms with Crippen LogP contribution in [0, 0.1) is 5.41 Å². The predicted octanol–water partition coefficient (Wildman–Crippen LogP) is 3.55. The summed E-state index contributed by atoms with van der Waals surface area (Å²) in [4.78, 5) is 11.3. The molecule has 1 fully saturated rings. The molecule has 2 rings (SSSR count). The quantitative estimate of drug-likeness (QED) is 0.832. The maximum atomic E-state index is 11.3. The third-order valence-corrected chi connectivity index (χ3v) is 3.58. The van der Waals surface area contributed by atoms with Gasteiger partial charge in [0, 0.05) is 5.56 Å². The Morgan fingerprint density at radius 2 is 2.17 bits per heavy atom. The summed E-state index contributed by atoms with van der Waals surface area (Å²) in [5.74, 6) is 0.502. The van der Waals surface area contributed by atoms with Crippen LogP contribution >= 0.6 is 0 Å². The highest BCUT2D eigenvalue weighted by atomic mass is 16.5. The molecule has 18 heavy (non-hydrogen) atoms. The van der Waals surface area contributed by atoms with E-state index in [9.17, 15) is 9.90 Å². The summed E-state index contributed by atoms with van der Waals surface area (Å²) in [5, 5.41) is 9.77. The number of carbonyl (C=O) groups excluding carboxylic acids is 1. The molecule has 0 radical (unpaired) electrons. The Hall–Kier alpha value is -1.51. The fourth-order valence-corrected chi connectivity index (χ4v) is 2.48. The van der Waals surface area contributed by atoms with Gasteiger partial charge >= 0.3 is 0 Å². The average Bonchev–Trinajstić information content (AvgIpc) is 2.61. The van der Waals surface area contributed by atoms with Gasteiger partial charge in [0.25, 0.3) is 0 Å². The van der Waals surface area contributed by atoms with Crippen molar-refractivity contribution in [1.82, 2.24) is 0 Å². The van der Waals surface area contributed by atoms with E-state index in [4.69, 9.17) is 4.74 Å². The maximum Gasteiger partial charge on any atom is 0.162 e. The number of aromatic hydroxyl groups is 1. The van der Waals surface area contributed by atoms with E-state index in [-0.39, 0.29) is 17.6 Å². The second-order valence-electron chi connectivity index (χ2n) is 5.89. The van der Waals surface area contributed by atoms with Gasteiger partial charge in [0.1, 0.15) is 0 Å². The molecule has 0 saturated heterocycles. The van der Waals surface area contributed by atoms with E-state index < -0.39 is 0 Å². The minimum Gasteiger partial charge on any atom is -0.504 e. The number of phenols is 1. The van der Waals surface area contributed by atoms with Crippen LogP contribution in [0.15, 0.2) is 18.2 Å². The van der Waals surface area contributed by atoms with Crippen molar-refractivity contribution in [2.75, 3.05) is 0 Å². The molecule has 1 aliphatic carbocycles. The number of phenolic OH excluding ortho intramolecular Hbond substituents is 1. The first-order valence-electron chi connectivity index (χ1n) is 6.38. The first-order chi connectivity index (χ1) is 8.37. The van der Waals surface area contributed by atoms with Gasteiger partial charge in [-0.3, -0.25) is 4.79 Å². The zero-order chi connectivity index (χ0) is 13.3. The minimum absolute atomic E-state index is 0.0217. The summed E-state index contributed by atoms with van der Waals surface area (Å²) in [7, 11) is 0. The van der Waals surface area contributed by atoms with Crippen molar-refractivity contribution in [2.45, 2.75) is 46.1 Å². The highest BCUT2D eigenvalue weighted by Gasteiger charge is 2.32. The highest BCUT2D eigenvalue weighted by molar-refractivity contribution is 5.94. The fraction of sp³-hybridized carbons (Fsp3) is 0.533. The third kappa shape index (κ3) is 2.84. The van der Waals surface area contributed by atoms with Crippen LogP contribution in [0.25, 0.3) is 0 Å². The van der Waals surface area contributed by atoms with E-state index in [0.29, 0.717) is 16.7 Å². The lowest BCUT2D eigenvalue weighted by atomic mass is 9.92. The van der Waals surface area contributed by atoms with Crippen molar-refractivity contribution in [3.8, 4) is 11.5 Å². The second kappa shape index (κ2) is 4.63. The van der Waals surface area contributed by atoms with Crippen molar-refractivity contribution in [2.24, 2.45) is 5.41 Å². The van der Waals surface area contributed by atoms with Gasteiger partial charge in [-0.1, -0.05) is 13.8 Å². The molecule has 0 spiro atoms. The van der Waals surface area contributed by atoms with Gasteiger partial charge in [-0.15, -0.1) is 0 Å². The van der Waals surface area contributed by atoms with Gasteiger partial charge in [-0.2, -0.15) is 0 Å². The lowest BCUT2D eigenvalue weighted by molar-refractivity contribution is 0.101. The number of benzene rings is 1. The van der Waals surface area contributed by atoms with Crippen molar-refractivity contribution < 1.29 is 14.6 Å². The molecule has 0 amide bonds. The van der Waals surface area contributed by atoms with Gasteiger partial charge in [0.05, 0.1) is 6.10 Å². The SMILES string of the molecule is CC(=O)c1ccc(O)c(OC2CCC(C)(C)C2)c1. The Morgan fingerprint density at radius 1 is 1.44 bits per heavy atom. The Morgan fingerprint density at radius 3 is 2.72 bits per heavy atom. The first-order valence-corrected chi connectivity index (χ1v) is 6.38. The van der Waals surface area contributed by atoms with Crippen LogP contribution in [0.5, 0.6) is 11.5 Å². The largest absolute Gasteiger partial charge is 0.504 e. The van der Waals surface area contributed by atoms with Crippen LogP contribution in [0.4, 0.5) is 0 Å². The highest BCUT2D eigenvalue weighted by Crippen LogP contribution is 2.40. The lowest BCUT2D eigenvalue weighted by Crippen LogP contribution is -2.15. The zero-order valence-electron chi connectivity index (χ0n) is 11.2. The molecule has 3 heteroatoms. The van der Waals surface area contributed by atoms with Crippen molar-refractivity contribution in [3.05, 3.63) is 23.8 Å². The molecule has 1 aliphatic rings. The minimum atomic E-state index is -0.0217. The maximum absolute atomic E-state index is 11.3. The van der Waals surface area contributed by atoms with Gasteiger partial charge < -0.3 is 9.84 Å². The summed E-state index contributed by atoms with van der Waals surface area (Å²) in [6.45, 7) is 5.96. The van der Waals surface area contributed by atoms with Crippen LogP contribution in [-0.4, -0.2) is 17.0 Å². The van der Waals surface area contributed by atoms with Crippen LogP contribution < -0.4 is 4.74 Å². The van der Waals surface area contributed by atoms with E-state index in [1.54, 1.807) is 12.1 Å². The molecule has 0 bridgehead atoms. The average molecular weight is 248 g/mol. The lowest BCUT2D eigenvalue weighted by Gasteiger charge is -2.18. The Balaban J connectivity index is 2.14. The normalized spacial score (nSPS) is 21.8. The van der Waals surface area contributed by atoms with Gasteiger partial charge in [0.2, 0.25) is 0 Å². The Bertz CT molecular complexity index is 463. The molecule has 0 aromatic heterocycles. The fourth-order valence-electron chi connectivity index (χ4n) is 2.48. The van der Waals surface area contributed by atoms with E-state index in [1.165, 1.54) is 13.0 Å². The molecular weight excluding hydrogens is 228 g/mol. The van der Waals surface area contributed by atoms with Gasteiger partial charge in [-0.25, -0.2) is 0 Å². The molecule has 98 valence electrons. The molecule has 0 heterocycles. The molecule has 3 nitrogen and oxygen atoms in total. The van der Waals surface area contributed by atoms with E-state index in [0.717, 1.165) is 19.3 Å². The molecule has 1 aromatic rings. The molecular formula is C15H20O3. The van der Waals surface area contributed by atoms with Crippen LogP contribution in [-0.2, 0) is 0 Å². The molecule has 0 aliphatic heterocycles. The number of hydrogen-bond acceptors (Lipinski definition) is 3. The van der Waals surface area contributed by atoms with Crippen molar-refractivity contribution in [3.63, 3.8) is 0 Å². The van der Waals surface area contributed by atoms with Crippen molar-refractivity contribution in [1.29, 1.82) is 0 Å². The number of Topliss-reactive ketones (excluding diaryl/α,β-unsaturated/α-hetero) is 1. The van der Waals surface area contributed by atoms with Gasteiger partial charge in [0.15, 0.2) is 17.3 Å². The number of carbonyl (C=O) groups is 1. The summed E-state index contributed by atoms with van der Waals surface area (Å²) in [6, 6.07) is 4.76. The third-order valence-electron chi connectivity index (χ3n) is 3.58. The smallest absolute Gasteiger partial charge is 0.162 e. The molecule has 1 saturated carbocycles. The Labute approximate surface area is 108 Å². The topological polar surface area (TPSA) is 46.5 Å². The molecule has 1 N–H and O–H groups in total. The standard InChI is InChI=1S/C15H20O3/c1-10(16)11-4-5-13(17)14(8-11)18-12-6-7-15(2,3)9-12/h4-5,8,12,17H,6-7,9H2,1-3H3. The summed E-state index contributed by atoms with van der Waals surface area (Å²) < 4.78 is 5.83. The van der Waals surface area contributed by atoms with Gasteiger partial charge in [-0.05, 0) is 49.8 Å². The van der Waals surface area contributed by atoms with E-state index in [2.05, 4.69) is 13.8 Å². The molecule has 1 aromatic carbocycles. The number of ketones is 1. The summed E-state index contributed by atoms with van der Waals surface area (Å²) in [6.07, 6.45) is 3.24. The monoisotopic (exact) mass is 248 g/mol. The van der Waals surface area contributed by atoms with E-state index >= 15 is 0 Å². The number of rotatable bonds is 3. The number of hydrogen-bond donors (Lipinski definition) is 1. The second-order valence-corrected chi connectivity index (χ2v) is 5.89. The van der Waals surface area contributed by atoms with Crippen LogP contribution in [0.2, 0.25) is 0 Å². The predicted molar refractivity (Wildman–Crippen MR) is 70.2 cm³/mol. The summed E-state index contributed by atoms with van der Waals surface area (Å²) >= 11 is 0. The number of ether oxygens (including phenoxy) is 1. The van der Waals surface area contributed by atoms with Crippen LogP contribution in [0.3, 0.4) is 0 Å². The zero-order valence-corrected chi connectivity index (χ0v) is 11.2. The van der Waals surface area contributed by atoms with Crippen LogP contribution in [0.1, 0.15) is 50.4 Å². The molecule has 1 unspecified atom stereocenters. The summed E-state index contributed by atoms with van der Waals surface area (Å²) in [5.41, 5.74) is 0.874.